The smallest absolute Gasteiger partial charge is 0.0761 e. The Labute approximate surface area is 149 Å². The summed E-state index contributed by atoms with van der Waals surface area (Å²) >= 11 is 6.41. The second-order valence-electron chi connectivity index (χ2n) is 5.46. The number of pyridine rings is 1. The molecule has 1 unspecified atom stereocenters. The van der Waals surface area contributed by atoms with Crippen molar-refractivity contribution in [1.29, 1.82) is 0 Å². The van der Waals surface area contributed by atoms with Gasteiger partial charge < -0.3 is 5.32 Å². The highest BCUT2D eigenvalue weighted by Gasteiger charge is 2.20. The minimum absolute atomic E-state index is 0. The number of benzene rings is 1. The van der Waals surface area contributed by atoms with Gasteiger partial charge in [-0.2, -0.15) is 0 Å². The van der Waals surface area contributed by atoms with Crippen LogP contribution in [0.2, 0.25) is 5.02 Å². The Morgan fingerprint density at radius 2 is 2.14 bits per heavy atom. The molecule has 1 aliphatic heterocycles. The molecule has 0 spiro atoms. The van der Waals surface area contributed by atoms with Crippen LogP contribution >= 0.6 is 36.4 Å². The van der Waals surface area contributed by atoms with Crippen molar-refractivity contribution in [3.63, 3.8) is 0 Å². The molecule has 1 fully saturated rings. The fourth-order valence-electron chi connectivity index (χ4n) is 2.99. The SMILES string of the molecule is CNC1CCCN(Cc2c(Cl)ccc3cccnc23)C1.Cl.Cl. The lowest BCUT2D eigenvalue weighted by Crippen LogP contribution is -2.43. The van der Waals surface area contributed by atoms with Crippen molar-refractivity contribution in [2.24, 2.45) is 0 Å². The number of aromatic nitrogens is 1. The summed E-state index contributed by atoms with van der Waals surface area (Å²) in [6, 6.07) is 8.68. The molecule has 0 amide bonds. The van der Waals surface area contributed by atoms with Crippen molar-refractivity contribution in [2.45, 2.75) is 25.4 Å². The highest BCUT2D eigenvalue weighted by molar-refractivity contribution is 6.32. The van der Waals surface area contributed by atoms with Crippen LogP contribution in [0, 0.1) is 0 Å². The Balaban J connectivity index is 0.00000121. The first-order valence-electron chi connectivity index (χ1n) is 7.19. The molecule has 3 rings (SSSR count). The molecule has 1 aromatic carbocycles. The van der Waals surface area contributed by atoms with E-state index in [0.29, 0.717) is 6.04 Å². The summed E-state index contributed by atoms with van der Waals surface area (Å²) < 4.78 is 0. The van der Waals surface area contributed by atoms with Crippen molar-refractivity contribution in [1.82, 2.24) is 15.2 Å². The van der Waals surface area contributed by atoms with Crippen LogP contribution in [0.4, 0.5) is 0 Å². The Hall–Kier alpha value is -0.580. The average Bonchev–Trinajstić information content (AvgIpc) is 2.50. The summed E-state index contributed by atoms with van der Waals surface area (Å²) in [5.41, 5.74) is 2.19. The number of halogens is 3. The van der Waals surface area contributed by atoms with E-state index in [1.807, 2.05) is 31.4 Å². The first-order valence-corrected chi connectivity index (χ1v) is 7.57. The van der Waals surface area contributed by atoms with Crippen LogP contribution in [-0.2, 0) is 6.54 Å². The highest BCUT2D eigenvalue weighted by atomic mass is 35.5. The first kappa shape index (κ1) is 19.5. The lowest BCUT2D eigenvalue weighted by molar-refractivity contribution is 0.188. The van der Waals surface area contributed by atoms with E-state index in [-0.39, 0.29) is 24.8 Å². The molecule has 2 heterocycles. The number of hydrogen-bond donors (Lipinski definition) is 1. The summed E-state index contributed by atoms with van der Waals surface area (Å²) in [5, 5.41) is 5.36. The third-order valence-corrected chi connectivity index (χ3v) is 4.47. The second-order valence-corrected chi connectivity index (χ2v) is 5.87. The van der Waals surface area contributed by atoms with Crippen molar-refractivity contribution >= 4 is 47.3 Å². The van der Waals surface area contributed by atoms with Crippen LogP contribution in [-0.4, -0.2) is 36.1 Å². The maximum absolute atomic E-state index is 6.41. The van der Waals surface area contributed by atoms with Gasteiger partial charge >= 0.3 is 0 Å². The second kappa shape index (κ2) is 8.90. The highest BCUT2D eigenvalue weighted by Crippen LogP contribution is 2.26. The molecule has 1 aliphatic rings. The topological polar surface area (TPSA) is 28.2 Å². The van der Waals surface area contributed by atoms with Crippen LogP contribution in [0.3, 0.4) is 0 Å². The first-order chi connectivity index (χ1) is 9.78. The van der Waals surface area contributed by atoms with E-state index in [9.17, 15) is 0 Å². The number of hydrogen-bond acceptors (Lipinski definition) is 3. The quantitative estimate of drug-likeness (QED) is 0.897. The van der Waals surface area contributed by atoms with Gasteiger partial charge in [0, 0.05) is 41.3 Å². The van der Waals surface area contributed by atoms with Crippen LogP contribution < -0.4 is 5.32 Å². The van der Waals surface area contributed by atoms with Gasteiger partial charge in [0.1, 0.15) is 0 Å². The number of rotatable bonds is 3. The lowest BCUT2D eigenvalue weighted by atomic mass is 10.0. The number of likely N-dealkylation sites (N-methyl/N-ethyl adjacent to an activating group) is 1. The Morgan fingerprint density at radius 3 is 2.91 bits per heavy atom. The molecule has 1 N–H and O–H groups in total. The largest absolute Gasteiger partial charge is 0.316 e. The number of fused-ring (bicyclic) bond motifs is 1. The summed E-state index contributed by atoms with van der Waals surface area (Å²) in [7, 11) is 2.04. The Bertz CT molecular complexity index is 606. The van der Waals surface area contributed by atoms with E-state index in [0.717, 1.165) is 41.1 Å². The van der Waals surface area contributed by atoms with Gasteiger partial charge in [-0.1, -0.05) is 23.7 Å². The number of nitrogens with zero attached hydrogens (tertiary/aromatic N) is 2. The number of likely N-dealkylation sites (tertiary alicyclic amines) is 1. The maximum Gasteiger partial charge on any atom is 0.0761 e. The maximum atomic E-state index is 6.41. The number of piperidine rings is 1. The van der Waals surface area contributed by atoms with Gasteiger partial charge in [-0.25, -0.2) is 0 Å². The zero-order chi connectivity index (χ0) is 13.9. The predicted octanol–water partition coefficient (Wildman–Crippen LogP) is 3.92. The predicted molar refractivity (Wildman–Crippen MR) is 98.6 cm³/mol. The molecule has 1 aromatic heterocycles. The standard InChI is InChI=1S/C16H20ClN3.2ClH/c1-18-13-5-3-9-20(10-13)11-14-15(17)7-6-12-4-2-8-19-16(12)14;;/h2,4,6-8,13,18H,3,5,9-11H2,1H3;2*1H. The molecule has 0 aliphatic carbocycles. The van der Waals surface area contributed by atoms with Crippen molar-refractivity contribution < 1.29 is 0 Å². The van der Waals surface area contributed by atoms with Gasteiger partial charge in [-0.15, -0.1) is 24.8 Å². The minimum atomic E-state index is 0. The van der Waals surface area contributed by atoms with Gasteiger partial charge in [-0.3, -0.25) is 9.88 Å². The average molecular weight is 363 g/mol. The summed E-state index contributed by atoms with van der Waals surface area (Å²) in [6.07, 6.45) is 4.34. The molecular weight excluding hydrogens is 341 g/mol. The van der Waals surface area contributed by atoms with E-state index >= 15 is 0 Å². The van der Waals surface area contributed by atoms with Crippen LogP contribution in [0.15, 0.2) is 30.5 Å². The van der Waals surface area contributed by atoms with Crippen LogP contribution in [0.1, 0.15) is 18.4 Å². The lowest BCUT2D eigenvalue weighted by Gasteiger charge is -2.32. The fourth-order valence-corrected chi connectivity index (χ4v) is 3.20. The summed E-state index contributed by atoms with van der Waals surface area (Å²) in [6.45, 7) is 3.10. The molecule has 0 bridgehead atoms. The van der Waals surface area contributed by atoms with Gasteiger partial charge in [0.2, 0.25) is 0 Å². The molecule has 0 saturated carbocycles. The molecule has 6 heteroatoms. The monoisotopic (exact) mass is 361 g/mol. The van der Waals surface area contributed by atoms with E-state index in [1.165, 1.54) is 12.8 Å². The normalized spacial score (nSPS) is 18.5. The Kier molecular flexibility index (Phi) is 7.87. The molecule has 1 atom stereocenters. The van der Waals surface area contributed by atoms with E-state index in [4.69, 9.17) is 11.6 Å². The number of nitrogens with one attached hydrogen (secondary N) is 1. The zero-order valence-electron chi connectivity index (χ0n) is 12.6. The van der Waals surface area contributed by atoms with Crippen molar-refractivity contribution in [2.75, 3.05) is 20.1 Å². The van der Waals surface area contributed by atoms with Gasteiger partial charge in [0.25, 0.3) is 0 Å². The van der Waals surface area contributed by atoms with Crippen LogP contribution in [0.25, 0.3) is 10.9 Å². The fraction of sp³-hybridized carbons (Fsp3) is 0.438. The molecule has 22 heavy (non-hydrogen) atoms. The van der Waals surface area contributed by atoms with Gasteiger partial charge in [-0.05, 0) is 38.6 Å². The molecule has 2 aromatic rings. The molecule has 3 nitrogen and oxygen atoms in total. The van der Waals surface area contributed by atoms with E-state index < -0.39 is 0 Å². The molecule has 122 valence electrons. The van der Waals surface area contributed by atoms with E-state index in [2.05, 4.69) is 21.3 Å². The van der Waals surface area contributed by atoms with E-state index in [1.54, 1.807) is 0 Å². The van der Waals surface area contributed by atoms with Crippen LogP contribution in [0.5, 0.6) is 0 Å². The zero-order valence-corrected chi connectivity index (χ0v) is 15.0. The van der Waals surface area contributed by atoms with Crippen molar-refractivity contribution in [3.8, 4) is 0 Å². The van der Waals surface area contributed by atoms with Crippen molar-refractivity contribution in [3.05, 3.63) is 41.0 Å². The minimum Gasteiger partial charge on any atom is -0.316 e. The molecular formula is C16H22Cl3N3. The molecule has 1 saturated heterocycles. The van der Waals surface area contributed by atoms with Gasteiger partial charge in [0.15, 0.2) is 0 Å². The third-order valence-electron chi connectivity index (χ3n) is 4.12. The van der Waals surface area contributed by atoms with Gasteiger partial charge in [0.05, 0.1) is 5.52 Å². The molecule has 0 radical (unpaired) electrons. The summed E-state index contributed by atoms with van der Waals surface area (Å²) in [5.74, 6) is 0. The third kappa shape index (κ3) is 4.24. The Morgan fingerprint density at radius 1 is 1.32 bits per heavy atom. The summed E-state index contributed by atoms with van der Waals surface area (Å²) in [4.78, 5) is 6.99.